The van der Waals surface area contributed by atoms with Gasteiger partial charge in [-0.3, -0.25) is 18.7 Å². The first kappa shape index (κ1) is 23.8. The summed E-state index contributed by atoms with van der Waals surface area (Å²) in [6.07, 6.45) is 1.64. The van der Waals surface area contributed by atoms with E-state index in [1.165, 1.54) is 4.57 Å². The zero-order chi connectivity index (χ0) is 25.8. The highest BCUT2D eigenvalue weighted by molar-refractivity contribution is 5.92. The van der Waals surface area contributed by atoms with Crippen LogP contribution in [0.1, 0.15) is 58.1 Å². The third-order valence-electron chi connectivity index (χ3n) is 6.45. The molecule has 0 unspecified atom stereocenters. The largest absolute Gasteiger partial charge is 0.443 e. The molecule has 1 aliphatic rings. The van der Waals surface area contributed by atoms with Crippen molar-refractivity contribution < 1.29 is 14.3 Å². The number of nitrogens with one attached hydrogen (secondary N) is 1. The van der Waals surface area contributed by atoms with Crippen LogP contribution in [0.5, 0.6) is 0 Å². The fourth-order valence-corrected chi connectivity index (χ4v) is 4.95. The van der Waals surface area contributed by atoms with Crippen molar-refractivity contribution in [2.45, 2.75) is 58.7 Å². The van der Waals surface area contributed by atoms with Gasteiger partial charge < -0.3 is 10.1 Å². The number of hydrogen-bond acceptors (Lipinski definition) is 5. The fourth-order valence-electron chi connectivity index (χ4n) is 4.95. The van der Waals surface area contributed by atoms with Gasteiger partial charge in [0, 0.05) is 18.0 Å². The molecule has 4 aromatic rings. The van der Waals surface area contributed by atoms with Crippen LogP contribution in [0.25, 0.3) is 21.8 Å². The first-order valence-corrected chi connectivity index (χ1v) is 12.2. The molecule has 0 bridgehead atoms. The van der Waals surface area contributed by atoms with Gasteiger partial charge >= 0.3 is 6.09 Å². The molecule has 1 amide bonds. The van der Waals surface area contributed by atoms with Crippen molar-refractivity contribution in [2.24, 2.45) is 5.92 Å². The van der Waals surface area contributed by atoms with E-state index in [2.05, 4.69) is 5.32 Å². The number of carbonyl (C=O) groups excluding carboxylic acids is 2. The zero-order valence-corrected chi connectivity index (χ0v) is 21.1. The van der Waals surface area contributed by atoms with Gasteiger partial charge in [-0.25, -0.2) is 9.78 Å². The minimum Gasteiger partial charge on any atom is -0.443 e. The molecule has 1 N–H and O–H groups in total. The Balaban J connectivity index is 1.64. The van der Waals surface area contributed by atoms with E-state index in [1.807, 2.05) is 71.0 Å². The Labute approximate surface area is 208 Å². The van der Waals surface area contributed by atoms with Crippen LogP contribution in [-0.2, 0) is 16.0 Å². The topological polar surface area (TPSA) is 95.2 Å². The molecule has 2 atom stereocenters. The molecule has 8 nitrogen and oxygen atoms in total. The summed E-state index contributed by atoms with van der Waals surface area (Å²) in [5, 5.41) is 4.46. The summed E-state index contributed by atoms with van der Waals surface area (Å²) in [5.74, 6) is 0.211. The van der Waals surface area contributed by atoms with E-state index in [9.17, 15) is 14.4 Å². The molecule has 0 saturated heterocycles. The van der Waals surface area contributed by atoms with Gasteiger partial charge in [-0.2, -0.15) is 0 Å². The van der Waals surface area contributed by atoms with Crippen molar-refractivity contribution in [2.75, 3.05) is 0 Å². The lowest BCUT2D eigenvalue weighted by molar-refractivity contribution is -0.128. The SMILES string of the molecule is CC(C)[C@H]1C(=O)N[C@@H](Cc2cn(C(=O)OC(C)(C)C)c3ccccc23)c2nc3ccccc3c(=O)n21. The molecular weight excluding hydrogens is 456 g/mol. The Kier molecular flexibility index (Phi) is 5.70. The van der Waals surface area contributed by atoms with E-state index < -0.39 is 23.8 Å². The van der Waals surface area contributed by atoms with E-state index in [4.69, 9.17) is 9.72 Å². The molecule has 2 aromatic heterocycles. The lowest BCUT2D eigenvalue weighted by Crippen LogP contribution is -2.50. The second kappa shape index (κ2) is 8.62. The van der Waals surface area contributed by atoms with Gasteiger partial charge in [0.05, 0.1) is 22.5 Å². The summed E-state index contributed by atoms with van der Waals surface area (Å²) in [7, 11) is 0. The number of carbonyl (C=O) groups is 2. The maximum atomic E-state index is 13.5. The maximum Gasteiger partial charge on any atom is 0.419 e. The van der Waals surface area contributed by atoms with E-state index >= 15 is 0 Å². The van der Waals surface area contributed by atoms with Crippen molar-refractivity contribution in [3.8, 4) is 0 Å². The van der Waals surface area contributed by atoms with E-state index in [0.29, 0.717) is 28.7 Å². The number of hydrogen-bond donors (Lipinski definition) is 1. The van der Waals surface area contributed by atoms with Gasteiger partial charge in [0.1, 0.15) is 17.5 Å². The monoisotopic (exact) mass is 486 g/mol. The molecule has 186 valence electrons. The van der Waals surface area contributed by atoms with Crippen LogP contribution in [0, 0.1) is 5.92 Å². The number of rotatable bonds is 3. The van der Waals surface area contributed by atoms with Gasteiger partial charge in [-0.15, -0.1) is 0 Å². The number of benzene rings is 2. The van der Waals surface area contributed by atoms with Crippen LogP contribution >= 0.6 is 0 Å². The summed E-state index contributed by atoms with van der Waals surface area (Å²) in [6.45, 7) is 9.31. The third-order valence-corrected chi connectivity index (χ3v) is 6.45. The van der Waals surface area contributed by atoms with Crippen molar-refractivity contribution in [3.63, 3.8) is 0 Å². The predicted octanol–water partition coefficient (Wildman–Crippen LogP) is 4.75. The summed E-state index contributed by atoms with van der Waals surface area (Å²) in [4.78, 5) is 44.6. The Hall–Kier alpha value is -3.94. The number of ether oxygens (including phenoxy) is 1. The quantitative estimate of drug-likeness (QED) is 0.451. The Morgan fingerprint density at radius 1 is 1.06 bits per heavy atom. The highest BCUT2D eigenvalue weighted by atomic mass is 16.6. The lowest BCUT2D eigenvalue weighted by Gasteiger charge is -2.34. The first-order chi connectivity index (χ1) is 17.0. The standard InChI is InChI=1S/C28H30N4O4/c1-16(2)23-25(33)30-21(24-29-20-12-8-6-11-19(20)26(34)32(23)24)14-17-15-31(27(35)36-28(3,4)5)22-13-9-7-10-18(17)22/h6-13,15-16,21,23H,14H2,1-5H3,(H,30,33)/t21-,23-/m0/s1. The average Bonchev–Trinajstić information content (AvgIpc) is 3.17. The Bertz CT molecular complexity index is 1560. The van der Waals surface area contributed by atoms with E-state index in [-0.39, 0.29) is 17.4 Å². The number of aromatic nitrogens is 3. The molecule has 0 aliphatic carbocycles. The van der Waals surface area contributed by atoms with Gasteiger partial charge in [0.15, 0.2) is 0 Å². The highest BCUT2D eigenvalue weighted by Crippen LogP contribution is 2.32. The molecule has 0 spiro atoms. The summed E-state index contributed by atoms with van der Waals surface area (Å²) in [5.41, 5.74) is 1.29. The Morgan fingerprint density at radius 2 is 1.72 bits per heavy atom. The van der Waals surface area contributed by atoms with Crippen molar-refractivity contribution >= 4 is 33.8 Å². The normalized spacial score (nSPS) is 17.9. The summed E-state index contributed by atoms with van der Waals surface area (Å²) >= 11 is 0. The van der Waals surface area contributed by atoms with E-state index in [1.54, 1.807) is 22.9 Å². The molecule has 1 aliphatic heterocycles. The van der Waals surface area contributed by atoms with Crippen molar-refractivity contribution in [1.82, 2.24) is 19.4 Å². The minimum atomic E-state index is -0.649. The average molecular weight is 487 g/mol. The fraction of sp³-hybridized carbons (Fsp3) is 0.357. The number of nitrogens with zero attached hydrogens (tertiary/aromatic N) is 3. The summed E-state index contributed by atoms with van der Waals surface area (Å²) < 4.78 is 8.67. The second-order valence-electron chi connectivity index (χ2n) is 10.6. The van der Waals surface area contributed by atoms with E-state index in [0.717, 1.165) is 10.9 Å². The van der Waals surface area contributed by atoms with Crippen LogP contribution in [0.15, 0.2) is 59.5 Å². The zero-order valence-electron chi connectivity index (χ0n) is 21.1. The number of para-hydroxylation sites is 2. The molecule has 0 fully saturated rings. The van der Waals surface area contributed by atoms with Crippen LogP contribution < -0.4 is 10.9 Å². The smallest absolute Gasteiger partial charge is 0.419 e. The third kappa shape index (κ3) is 4.06. The first-order valence-electron chi connectivity index (χ1n) is 12.2. The predicted molar refractivity (Wildman–Crippen MR) is 138 cm³/mol. The van der Waals surface area contributed by atoms with Crippen LogP contribution in [-0.4, -0.2) is 31.7 Å². The van der Waals surface area contributed by atoms with Gasteiger partial charge in [-0.05, 0) is 50.5 Å². The second-order valence-corrected chi connectivity index (χ2v) is 10.6. The molecule has 0 saturated carbocycles. The number of fused-ring (bicyclic) bond motifs is 3. The maximum absolute atomic E-state index is 13.5. The van der Waals surface area contributed by atoms with Crippen LogP contribution in [0.2, 0.25) is 0 Å². The lowest BCUT2D eigenvalue weighted by atomic mass is 9.96. The van der Waals surface area contributed by atoms with Crippen molar-refractivity contribution in [3.05, 3.63) is 76.5 Å². The van der Waals surface area contributed by atoms with Gasteiger partial charge in [0.25, 0.3) is 5.56 Å². The highest BCUT2D eigenvalue weighted by Gasteiger charge is 2.37. The molecule has 3 heterocycles. The summed E-state index contributed by atoms with van der Waals surface area (Å²) in [6, 6.07) is 13.6. The Morgan fingerprint density at radius 3 is 2.42 bits per heavy atom. The molecule has 2 aromatic carbocycles. The van der Waals surface area contributed by atoms with Gasteiger partial charge in [0.2, 0.25) is 5.91 Å². The van der Waals surface area contributed by atoms with Crippen LogP contribution in [0.3, 0.4) is 0 Å². The van der Waals surface area contributed by atoms with Crippen molar-refractivity contribution in [1.29, 1.82) is 0 Å². The van der Waals surface area contributed by atoms with Crippen LogP contribution in [0.4, 0.5) is 4.79 Å². The minimum absolute atomic E-state index is 0.0977. The molecule has 8 heteroatoms. The molecule has 5 rings (SSSR count). The van der Waals surface area contributed by atoms with Gasteiger partial charge in [-0.1, -0.05) is 44.2 Å². The molecule has 36 heavy (non-hydrogen) atoms. The molecule has 0 radical (unpaired) electrons. The number of amides is 1. The molecular formula is C28H30N4O4.